The number of nitrogens with two attached hydrogens (primary N) is 1. The molecule has 3 aliphatic heterocycles. The number of hydrogen-bond acceptors (Lipinski definition) is 3. The zero-order chi connectivity index (χ0) is 8.55. The number of nitrogens with zero attached hydrogens (tertiary/aromatic N) is 1. The summed E-state index contributed by atoms with van der Waals surface area (Å²) in [6.07, 6.45) is 2.41. The summed E-state index contributed by atoms with van der Waals surface area (Å²) in [5.74, 6) is 1.17. The second kappa shape index (κ2) is 3.15. The van der Waals surface area contributed by atoms with Gasteiger partial charge in [0.25, 0.3) is 0 Å². The van der Waals surface area contributed by atoms with Gasteiger partial charge in [0.1, 0.15) is 0 Å². The van der Waals surface area contributed by atoms with E-state index in [0.29, 0.717) is 5.92 Å². The highest BCUT2D eigenvalue weighted by atomic mass is 16.1. The first kappa shape index (κ1) is 8.20. The molecule has 1 unspecified atom stereocenters. The molecular formula is C9H16N2O. The standard InChI is InChI=1S/C9H16N2O/c10-5-9(12)8-6-11-3-1-7(8)2-4-11/h7-8H,1-6,10H2. The predicted octanol–water partition coefficient (Wildman–Crippen LogP) is -0.144. The van der Waals surface area contributed by atoms with E-state index in [9.17, 15) is 4.79 Å². The molecule has 3 saturated heterocycles. The van der Waals surface area contributed by atoms with Crippen molar-refractivity contribution < 1.29 is 4.79 Å². The molecule has 3 rings (SSSR count). The number of carbonyl (C=O) groups is 1. The van der Waals surface area contributed by atoms with Crippen LogP contribution in [0, 0.1) is 11.8 Å². The Morgan fingerprint density at radius 3 is 2.50 bits per heavy atom. The fourth-order valence-corrected chi connectivity index (χ4v) is 2.48. The molecule has 2 N–H and O–H groups in total. The van der Waals surface area contributed by atoms with E-state index < -0.39 is 0 Å². The molecule has 0 radical (unpaired) electrons. The third-order valence-electron chi connectivity index (χ3n) is 3.27. The average molecular weight is 168 g/mol. The third-order valence-corrected chi connectivity index (χ3v) is 3.27. The van der Waals surface area contributed by atoms with Crippen molar-refractivity contribution in [3.05, 3.63) is 0 Å². The fraction of sp³-hybridized carbons (Fsp3) is 0.889. The molecule has 3 heteroatoms. The summed E-state index contributed by atoms with van der Waals surface area (Å²) in [6.45, 7) is 3.59. The average Bonchev–Trinajstić information content (AvgIpc) is 2.18. The van der Waals surface area contributed by atoms with E-state index in [4.69, 9.17) is 5.73 Å². The summed E-state index contributed by atoms with van der Waals surface area (Å²) in [7, 11) is 0. The highest BCUT2D eigenvalue weighted by Gasteiger charge is 2.37. The summed E-state index contributed by atoms with van der Waals surface area (Å²) in [5.41, 5.74) is 5.37. The lowest BCUT2D eigenvalue weighted by atomic mass is 9.77. The number of rotatable bonds is 2. The SMILES string of the molecule is NCC(=O)C1CN2CCC1CC2. The summed E-state index contributed by atoms with van der Waals surface area (Å²) in [6, 6.07) is 0. The predicted molar refractivity (Wildman–Crippen MR) is 46.7 cm³/mol. The Bertz CT molecular complexity index is 185. The van der Waals surface area contributed by atoms with Crippen LogP contribution < -0.4 is 5.73 Å². The smallest absolute Gasteiger partial charge is 0.151 e. The summed E-state index contributed by atoms with van der Waals surface area (Å²) in [5, 5.41) is 0. The van der Waals surface area contributed by atoms with Crippen LogP contribution in [0.15, 0.2) is 0 Å². The fourth-order valence-electron chi connectivity index (χ4n) is 2.48. The summed E-state index contributed by atoms with van der Waals surface area (Å²) < 4.78 is 0. The van der Waals surface area contributed by atoms with Crippen LogP contribution in [0.5, 0.6) is 0 Å². The van der Waals surface area contributed by atoms with Crippen LogP contribution in [0.3, 0.4) is 0 Å². The van der Waals surface area contributed by atoms with E-state index >= 15 is 0 Å². The van der Waals surface area contributed by atoms with Gasteiger partial charge in [0.15, 0.2) is 5.78 Å². The molecule has 0 amide bonds. The van der Waals surface area contributed by atoms with Crippen LogP contribution in [-0.4, -0.2) is 36.9 Å². The van der Waals surface area contributed by atoms with E-state index in [1.165, 1.54) is 25.9 Å². The van der Waals surface area contributed by atoms with Crippen LogP contribution in [0.25, 0.3) is 0 Å². The molecule has 3 heterocycles. The van der Waals surface area contributed by atoms with Gasteiger partial charge in [-0.3, -0.25) is 4.79 Å². The quantitative estimate of drug-likeness (QED) is 0.624. The van der Waals surface area contributed by atoms with Gasteiger partial charge in [-0.05, 0) is 31.8 Å². The molecule has 0 saturated carbocycles. The molecular weight excluding hydrogens is 152 g/mol. The Kier molecular flexibility index (Phi) is 2.15. The number of piperidine rings is 3. The van der Waals surface area contributed by atoms with Gasteiger partial charge in [-0.1, -0.05) is 0 Å². The minimum Gasteiger partial charge on any atom is -0.324 e. The molecule has 0 aromatic carbocycles. The number of carbonyl (C=O) groups excluding carboxylic acids is 1. The third kappa shape index (κ3) is 1.27. The molecule has 12 heavy (non-hydrogen) atoms. The molecule has 68 valence electrons. The van der Waals surface area contributed by atoms with Crippen molar-refractivity contribution in [2.24, 2.45) is 17.6 Å². The van der Waals surface area contributed by atoms with Crippen molar-refractivity contribution in [3.63, 3.8) is 0 Å². The molecule has 0 spiro atoms. The topological polar surface area (TPSA) is 46.3 Å². The second-order valence-electron chi connectivity index (χ2n) is 3.91. The number of ketones is 1. The maximum atomic E-state index is 11.4. The van der Waals surface area contributed by atoms with Gasteiger partial charge in [0.05, 0.1) is 6.54 Å². The molecule has 0 aliphatic carbocycles. The number of hydrogen-bond donors (Lipinski definition) is 1. The number of Topliss-reactive ketones (excluding diaryl/α,β-unsaturated/α-hetero) is 1. The van der Waals surface area contributed by atoms with E-state index in [0.717, 1.165) is 6.54 Å². The van der Waals surface area contributed by atoms with Crippen molar-refractivity contribution in [1.82, 2.24) is 4.90 Å². The molecule has 1 atom stereocenters. The molecule has 0 aromatic heterocycles. The first-order chi connectivity index (χ1) is 5.81. The Morgan fingerprint density at radius 1 is 1.42 bits per heavy atom. The lowest BCUT2D eigenvalue weighted by Gasteiger charge is -2.43. The Balaban J connectivity index is 2.03. The Hall–Kier alpha value is -0.410. The maximum absolute atomic E-state index is 11.4. The van der Waals surface area contributed by atoms with Gasteiger partial charge in [-0.2, -0.15) is 0 Å². The van der Waals surface area contributed by atoms with Gasteiger partial charge in [0.2, 0.25) is 0 Å². The zero-order valence-corrected chi connectivity index (χ0v) is 7.33. The zero-order valence-electron chi connectivity index (χ0n) is 7.33. The van der Waals surface area contributed by atoms with Gasteiger partial charge in [-0.15, -0.1) is 0 Å². The van der Waals surface area contributed by atoms with Gasteiger partial charge < -0.3 is 10.6 Å². The van der Waals surface area contributed by atoms with Crippen molar-refractivity contribution in [2.45, 2.75) is 12.8 Å². The van der Waals surface area contributed by atoms with Crippen molar-refractivity contribution >= 4 is 5.78 Å². The highest BCUT2D eigenvalue weighted by Crippen LogP contribution is 2.32. The Labute approximate surface area is 72.9 Å². The minimum atomic E-state index is 0.231. The monoisotopic (exact) mass is 168 g/mol. The van der Waals surface area contributed by atoms with Crippen LogP contribution in [0.1, 0.15) is 12.8 Å². The Morgan fingerprint density at radius 2 is 2.08 bits per heavy atom. The van der Waals surface area contributed by atoms with E-state index in [2.05, 4.69) is 4.90 Å². The van der Waals surface area contributed by atoms with E-state index in [-0.39, 0.29) is 18.2 Å². The second-order valence-corrected chi connectivity index (χ2v) is 3.91. The number of fused-ring (bicyclic) bond motifs is 3. The first-order valence-corrected chi connectivity index (χ1v) is 4.76. The van der Waals surface area contributed by atoms with Crippen molar-refractivity contribution in [2.75, 3.05) is 26.2 Å². The van der Waals surface area contributed by atoms with E-state index in [1.54, 1.807) is 0 Å². The molecule has 3 nitrogen and oxygen atoms in total. The van der Waals surface area contributed by atoms with Crippen LogP contribution >= 0.6 is 0 Å². The van der Waals surface area contributed by atoms with Gasteiger partial charge in [0, 0.05) is 12.5 Å². The van der Waals surface area contributed by atoms with Crippen LogP contribution in [0.4, 0.5) is 0 Å². The van der Waals surface area contributed by atoms with Gasteiger partial charge >= 0.3 is 0 Å². The molecule has 2 bridgehead atoms. The molecule has 0 aromatic rings. The summed E-state index contributed by atoms with van der Waals surface area (Å²) >= 11 is 0. The van der Waals surface area contributed by atoms with Crippen LogP contribution in [0.2, 0.25) is 0 Å². The summed E-state index contributed by atoms with van der Waals surface area (Å²) in [4.78, 5) is 13.8. The highest BCUT2D eigenvalue weighted by molar-refractivity contribution is 5.83. The van der Waals surface area contributed by atoms with Crippen molar-refractivity contribution in [1.29, 1.82) is 0 Å². The minimum absolute atomic E-state index is 0.231. The molecule has 3 aliphatic rings. The normalized spacial score (nSPS) is 39.9. The largest absolute Gasteiger partial charge is 0.324 e. The lowest BCUT2D eigenvalue weighted by Crippen LogP contribution is -2.51. The molecule has 3 fully saturated rings. The first-order valence-electron chi connectivity index (χ1n) is 4.76. The van der Waals surface area contributed by atoms with Crippen LogP contribution in [-0.2, 0) is 4.79 Å². The maximum Gasteiger partial charge on any atom is 0.151 e. The van der Waals surface area contributed by atoms with Gasteiger partial charge in [-0.25, -0.2) is 0 Å². The van der Waals surface area contributed by atoms with E-state index in [1.807, 2.05) is 0 Å². The lowest BCUT2D eigenvalue weighted by molar-refractivity contribution is -0.127. The van der Waals surface area contributed by atoms with Crippen molar-refractivity contribution in [3.8, 4) is 0 Å².